The molecule has 0 saturated heterocycles. The summed E-state index contributed by atoms with van der Waals surface area (Å²) in [6.07, 6.45) is 1.70. The largest absolute Gasteiger partial charge is 0.506 e. The Bertz CT molecular complexity index is 1440. The highest BCUT2D eigenvalue weighted by Gasteiger charge is 2.34. The SMILES string of the molecule is CCOC(=O)C1=C(O)/C(=C/c2cc(Br)c(OCc3ccc(C)cc3)c(Br)c2)SC1=NC(=O)c1ccccc1. The average Bonchev–Trinajstić information content (AvgIpc) is 3.19. The van der Waals surface area contributed by atoms with Crippen molar-refractivity contribution in [2.45, 2.75) is 20.5 Å². The van der Waals surface area contributed by atoms with E-state index in [1.165, 1.54) is 5.56 Å². The lowest BCUT2D eigenvalue weighted by Crippen LogP contribution is -2.14. The van der Waals surface area contributed by atoms with Gasteiger partial charge in [-0.1, -0.05) is 59.8 Å². The van der Waals surface area contributed by atoms with E-state index < -0.39 is 11.9 Å². The second kappa shape index (κ2) is 12.6. The third kappa shape index (κ3) is 6.64. The van der Waals surface area contributed by atoms with Crippen LogP contribution in [0.25, 0.3) is 6.08 Å². The van der Waals surface area contributed by atoms with E-state index in [-0.39, 0.29) is 23.0 Å². The summed E-state index contributed by atoms with van der Waals surface area (Å²) >= 11 is 8.16. The number of esters is 1. The standard InChI is InChI=1S/C29H23Br2NO5S/c1-3-36-29(35)24-25(33)23(38-28(24)32-27(34)20-7-5-4-6-8-20)15-19-13-21(30)26(22(31)14-19)37-16-18-11-9-17(2)10-12-18/h4-15,33H,3,16H2,1-2H3/b23-15-,32-28?. The second-order valence-corrected chi connectivity index (χ2v) is 11.0. The molecule has 0 unspecified atom stereocenters. The van der Waals surface area contributed by atoms with E-state index in [0.29, 0.717) is 31.8 Å². The number of aryl methyl sites for hydroxylation is 1. The van der Waals surface area contributed by atoms with Gasteiger partial charge in [-0.3, -0.25) is 4.79 Å². The molecule has 0 bridgehead atoms. The summed E-state index contributed by atoms with van der Waals surface area (Å²) in [7, 11) is 0. The van der Waals surface area contributed by atoms with E-state index in [1.54, 1.807) is 43.3 Å². The van der Waals surface area contributed by atoms with Crippen LogP contribution in [0.4, 0.5) is 0 Å². The zero-order valence-corrected chi connectivity index (χ0v) is 24.5. The number of ether oxygens (including phenoxy) is 2. The quantitative estimate of drug-likeness (QED) is 0.261. The molecule has 194 valence electrons. The molecule has 1 amide bonds. The minimum absolute atomic E-state index is 0.0808. The number of aliphatic imine (C=N–C) groups is 1. The van der Waals surface area contributed by atoms with E-state index in [1.807, 2.05) is 43.3 Å². The van der Waals surface area contributed by atoms with Crippen LogP contribution in [0.1, 0.15) is 34.0 Å². The summed E-state index contributed by atoms with van der Waals surface area (Å²) < 4.78 is 12.5. The first-order chi connectivity index (χ1) is 18.3. The minimum Gasteiger partial charge on any atom is -0.506 e. The van der Waals surface area contributed by atoms with Crippen LogP contribution in [-0.2, 0) is 16.1 Å². The van der Waals surface area contributed by atoms with E-state index in [9.17, 15) is 14.7 Å². The molecule has 4 rings (SSSR count). The number of nitrogens with zero attached hydrogens (tertiary/aromatic N) is 1. The number of aliphatic hydroxyl groups is 1. The van der Waals surface area contributed by atoms with Gasteiger partial charge in [-0.25, -0.2) is 9.79 Å². The molecule has 1 heterocycles. The predicted octanol–water partition coefficient (Wildman–Crippen LogP) is 7.80. The summed E-state index contributed by atoms with van der Waals surface area (Å²) in [5.41, 5.74) is 3.18. The van der Waals surface area contributed by atoms with Gasteiger partial charge in [0, 0.05) is 5.56 Å². The molecule has 38 heavy (non-hydrogen) atoms. The number of aliphatic hydroxyl groups excluding tert-OH is 1. The maximum atomic E-state index is 12.7. The Balaban J connectivity index is 1.62. The van der Waals surface area contributed by atoms with E-state index >= 15 is 0 Å². The highest BCUT2D eigenvalue weighted by molar-refractivity contribution is 9.11. The zero-order valence-electron chi connectivity index (χ0n) is 20.5. The molecule has 9 heteroatoms. The monoisotopic (exact) mass is 655 g/mol. The molecule has 1 N–H and O–H groups in total. The first-order valence-corrected chi connectivity index (χ1v) is 14.0. The van der Waals surface area contributed by atoms with Crippen molar-refractivity contribution < 1.29 is 24.2 Å². The van der Waals surface area contributed by atoms with Crippen molar-refractivity contribution in [1.29, 1.82) is 0 Å². The molecule has 0 fully saturated rings. The highest BCUT2D eigenvalue weighted by Crippen LogP contribution is 2.41. The lowest BCUT2D eigenvalue weighted by atomic mass is 10.1. The van der Waals surface area contributed by atoms with Crippen LogP contribution in [-0.4, -0.2) is 28.6 Å². The number of benzene rings is 3. The summed E-state index contributed by atoms with van der Waals surface area (Å²) in [6.45, 7) is 4.21. The number of carbonyl (C=O) groups is 2. The maximum absolute atomic E-state index is 12.7. The Morgan fingerprint density at radius 3 is 2.32 bits per heavy atom. The minimum atomic E-state index is -0.747. The van der Waals surface area contributed by atoms with Crippen molar-refractivity contribution >= 4 is 66.6 Å². The Morgan fingerprint density at radius 2 is 1.68 bits per heavy atom. The van der Waals surface area contributed by atoms with E-state index in [0.717, 1.165) is 22.9 Å². The van der Waals surface area contributed by atoms with Crippen LogP contribution in [0.5, 0.6) is 5.75 Å². The number of carbonyl (C=O) groups excluding carboxylic acids is 2. The first kappa shape index (κ1) is 27.9. The summed E-state index contributed by atoms with van der Waals surface area (Å²) in [5, 5.41) is 11.0. The number of thioether (sulfide) groups is 1. The van der Waals surface area contributed by atoms with E-state index in [2.05, 4.69) is 36.9 Å². The molecule has 0 aromatic heterocycles. The summed E-state index contributed by atoms with van der Waals surface area (Å²) in [4.78, 5) is 29.8. The fourth-order valence-electron chi connectivity index (χ4n) is 3.52. The molecule has 1 aliphatic heterocycles. The lowest BCUT2D eigenvalue weighted by Gasteiger charge is -2.12. The Kier molecular flexibility index (Phi) is 9.25. The van der Waals surface area contributed by atoms with Gasteiger partial charge < -0.3 is 14.6 Å². The molecule has 3 aromatic carbocycles. The van der Waals surface area contributed by atoms with Crippen LogP contribution in [0, 0.1) is 6.92 Å². The zero-order chi connectivity index (χ0) is 27.2. The third-order valence-corrected chi connectivity index (χ3v) is 7.61. The van der Waals surface area contributed by atoms with Crippen molar-refractivity contribution in [2.24, 2.45) is 4.99 Å². The third-order valence-electron chi connectivity index (χ3n) is 5.42. The molecule has 0 spiro atoms. The van der Waals surface area contributed by atoms with Gasteiger partial charge in [0.25, 0.3) is 5.91 Å². The predicted molar refractivity (Wildman–Crippen MR) is 157 cm³/mol. The first-order valence-electron chi connectivity index (χ1n) is 11.6. The molecule has 1 aliphatic rings. The second-order valence-electron chi connectivity index (χ2n) is 8.23. The number of hydrogen-bond donors (Lipinski definition) is 1. The molecule has 0 atom stereocenters. The van der Waals surface area contributed by atoms with Gasteiger partial charge in [0.05, 0.1) is 20.5 Å². The Hall–Kier alpha value is -3.14. The average molecular weight is 657 g/mol. The van der Waals surface area contributed by atoms with Crippen LogP contribution in [0.3, 0.4) is 0 Å². The van der Waals surface area contributed by atoms with E-state index in [4.69, 9.17) is 9.47 Å². The fraction of sp³-hybridized carbons (Fsp3) is 0.138. The van der Waals surface area contributed by atoms with Gasteiger partial charge >= 0.3 is 5.97 Å². The number of rotatable bonds is 7. The van der Waals surface area contributed by atoms with Gasteiger partial charge in [-0.15, -0.1) is 0 Å². The van der Waals surface area contributed by atoms with Crippen LogP contribution in [0.15, 0.2) is 96.9 Å². The highest BCUT2D eigenvalue weighted by atomic mass is 79.9. The number of halogens is 2. The maximum Gasteiger partial charge on any atom is 0.344 e. The van der Waals surface area contributed by atoms with Crippen molar-refractivity contribution in [2.75, 3.05) is 6.61 Å². The van der Waals surface area contributed by atoms with Crippen LogP contribution < -0.4 is 4.74 Å². The molecular weight excluding hydrogens is 634 g/mol. The summed E-state index contributed by atoms with van der Waals surface area (Å²) in [6, 6.07) is 20.3. The van der Waals surface area contributed by atoms with Gasteiger partial charge in [0.15, 0.2) is 0 Å². The van der Waals surface area contributed by atoms with Crippen LogP contribution in [0.2, 0.25) is 0 Å². The van der Waals surface area contributed by atoms with Gasteiger partial charge in [-0.05, 0) is 87.2 Å². The normalized spacial score (nSPS) is 15.3. The number of amides is 1. The molecule has 0 radical (unpaired) electrons. The molecule has 3 aromatic rings. The topological polar surface area (TPSA) is 85.2 Å². The van der Waals surface area contributed by atoms with Crippen LogP contribution >= 0.6 is 43.6 Å². The van der Waals surface area contributed by atoms with Crippen molar-refractivity contribution in [1.82, 2.24) is 0 Å². The lowest BCUT2D eigenvalue weighted by molar-refractivity contribution is -0.138. The van der Waals surface area contributed by atoms with Gasteiger partial charge in [0.1, 0.15) is 28.7 Å². The van der Waals surface area contributed by atoms with Crippen molar-refractivity contribution in [3.05, 3.63) is 114 Å². The molecule has 0 aliphatic carbocycles. The summed E-state index contributed by atoms with van der Waals surface area (Å²) in [5.74, 6) is -0.929. The molecular formula is C29H23Br2NO5S. The van der Waals surface area contributed by atoms with Crippen molar-refractivity contribution in [3.63, 3.8) is 0 Å². The molecule has 6 nitrogen and oxygen atoms in total. The fourth-order valence-corrected chi connectivity index (χ4v) is 5.98. The van der Waals surface area contributed by atoms with Gasteiger partial charge in [-0.2, -0.15) is 0 Å². The number of hydrogen-bond acceptors (Lipinski definition) is 6. The Morgan fingerprint density at radius 1 is 1.03 bits per heavy atom. The Labute approximate surface area is 241 Å². The van der Waals surface area contributed by atoms with Crippen molar-refractivity contribution in [3.8, 4) is 5.75 Å². The van der Waals surface area contributed by atoms with Gasteiger partial charge in [0.2, 0.25) is 0 Å². The molecule has 0 saturated carbocycles. The smallest absolute Gasteiger partial charge is 0.344 e.